The Hall–Kier alpha value is -0.730. The SMILES string of the molecule is ClCC1OCc2ccccc2O1. The van der Waals surface area contributed by atoms with Gasteiger partial charge in [0.15, 0.2) is 0 Å². The van der Waals surface area contributed by atoms with Gasteiger partial charge in [-0.1, -0.05) is 18.2 Å². The van der Waals surface area contributed by atoms with Crippen molar-refractivity contribution in [3.05, 3.63) is 29.8 Å². The van der Waals surface area contributed by atoms with E-state index in [9.17, 15) is 0 Å². The van der Waals surface area contributed by atoms with Crippen LogP contribution in [0, 0.1) is 0 Å². The molecule has 0 radical (unpaired) electrons. The van der Waals surface area contributed by atoms with E-state index < -0.39 is 0 Å². The molecule has 2 nitrogen and oxygen atoms in total. The Kier molecular flexibility index (Phi) is 2.19. The predicted octanol–water partition coefficient (Wildman–Crippen LogP) is 2.16. The smallest absolute Gasteiger partial charge is 0.213 e. The van der Waals surface area contributed by atoms with Gasteiger partial charge in [0, 0.05) is 5.56 Å². The highest BCUT2D eigenvalue weighted by atomic mass is 35.5. The van der Waals surface area contributed by atoms with Crippen LogP contribution in [0.1, 0.15) is 5.56 Å². The fourth-order valence-corrected chi connectivity index (χ4v) is 1.32. The lowest BCUT2D eigenvalue weighted by atomic mass is 10.2. The van der Waals surface area contributed by atoms with Crippen molar-refractivity contribution in [3.63, 3.8) is 0 Å². The molecule has 0 aliphatic carbocycles. The molecule has 64 valence electrons. The Morgan fingerprint density at radius 2 is 2.25 bits per heavy atom. The van der Waals surface area contributed by atoms with Crippen LogP contribution in [0.3, 0.4) is 0 Å². The zero-order valence-corrected chi connectivity index (χ0v) is 7.25. The van der Waals surface area contributed by atoms with Crippen LogP contribution < -0.4 is 4.74 Å². The summed E-state index contributed by atoms with van der Waals surface area (Å²) in [6.45, 7) is 0.591. The standard InChI is InChI=1S/C9H9ClO2/c10-5-9-11-6-7-3-1-2-4-8(7)12-9/h1-4,9H,5-6H2. The lowest BCUT2D eigenvalue weighted by molar-refractivity contribution is -0.0919. The highest BCUT2D eigenvalue weighted by Crippen LogP contribution is 2.25. The van der Waals surface area contributed by atoms with Gasteiger partial charge in [-0.25, -0.2) is 0 Å². The van der Waals surface area contributed by atoms with Gasteiger partial charge in [0.1, 0.15) is 5.75 Å². The van der Waals surface area contributed by atoms with Gasteiger partial charge in [-0.05, 0) is 6.07 Å². The number of alkyl halides is 1. The van der Waals surface area contributed by atoms with Crippen molar-refractivity contribution in [2.45, 2.75) is 12.9 Å². The molecule has 0 saturated heterocycles. The maximum atomic E-state index is 5.60. The fraction of sp³-hybridized carbons (Fsp3) is 0.333. The van der Waals surface area contributed by atoms with E-state index in [0.717, 1.165) is 11.3 Å². The highest BCUT2D eigenvalue weighted by Gasteiger charge is 2.17. The van der Waals surface area contributed by atoms with Crippen molar-refractivity contribution in [2.24, 2.45) is 0 Å². The number of hydrogen-bond donors (Lipinski definition) is 0. The number of halogens is 1. The van der Waals surface area contributed by atoms with Crippen LogP contribution in [0.4, 0.5) is 0 Å². The van der Waals surface area contributed by atoms with Gasteiger partial charge < -0.3 is 9.47 Å². The first-order valence-electron chi connectivity index (χ1n) is 3.82. The quantitative estimate of drug-likeness (QED) is 0.623. The van der Waals surface area contributed by atoms with Gasteiger partial charge in [0.25, 0.3) is 0 Å². The van der Waals surface area contributed by atoms with E-state index in [-0.39, 0.29) is 6.29 Å². The normalized spacial score (nSPS) is 21.2. The maximum Gasteiger partial charge on any atom is 0.213 e. The molecule has 2 rings (SSSR count). The van der Waals surface area contributed by atoms with Gasteiger partial charge in [-0.15, -0.1) is 11.6 Å². The van der Waals surface area contributed by atoms with Crippen molar-refractivity contribution < 1.29 is 9.47 Å². The number of hydrogen-bond acceptors (Lipinski definition) is 2. The predicted molar refractivity (Wildman–Crippen MR) is 46.4 cm³/mol. The molecule has 0 saturated carbocycles. The summed E-state index contributed by atoms with van der Waals surface area (Å²) in [5.41, 5.74) is 1.08. The summed E-state index contributed by atoms with van der Waals surface area (Å²) >= 11 is 5.60. The monoisotopic (exact) mass is 184 g/mol. The summed E-state index contributed by atoms with van der Waals surface area (Å²) < 4.78 is 10.7. The molecule has 0 amide bonds. The number of benzene rings is 1. The molecule has 1 aliphatic rings. The minimum atomic E-state index is -0.290. The molecule has 1 aromatic rings. The van der Waals surface area contributed by atoms with Gasteiger partial charge in [0.2, 0.25) is 6.29 Å². The van der Waals surface area contributed by atoms with Gasteiger partial charge in [-0.2, -0.15) is 0 Å². The lowest BCUT2D eigenvalue weighted by Gasteiger charge is -2.24. The Morgan fingerprint density at radius 3 is 3.08 bits per heavy atom. The summed E-state index contributed by atoms with van der Waals surface area (Å²) in [7, 11) is 0. The van der Waals surface area contributed by atoms with E-state index in [1.54, 1.807) is 0 Å². The zero-order chi connectivity index (χ0) is 8.39. The average molecular weight is 185 g/mol. The van der Waals surface area contributed by atoms with Crippen LogP contribution in [0.5, 0.6) is 5.75 Å². The van der Waals surface area contributed by atoms with Crippen molar-refractivity contribution in [1.82, 2.24) is 0 Å². The Balaban J connectivity index is 2.23. The number of para-hydroxylation sites is 1. The second kappa shape index (κ2) is 3.33. The highest BCUT2D eigenvalue weighted by molar-refractivity contribution is 6.18. The molecular formula is C9H9ClO2. The first-order chi connectivity index (χ1) is 5.90. The maximum absolute atomic E-state index is 5.60. The van der Waals surface area contributed by atoms with E-state index in [0.29, 0.717) is 12.5 Å². The molecule has 0 bridgehead atoms. The summed E-state index contributed by atoms with van der Waals surface area (Å²) in [6.07, 6.45) is -0.290. The van der Waals surface area contributed by atoms with Crippen LogP contribution in [0.2, 0.25) is 0 Å². The molecule has 12 heavy (non-hydrogen) atoms. The van der Waals surface area contributed by atoms with Crippen LogP contribution in [0.15, 0.2) is 24.3 Å². The number of rotatable bonds is 1. The summed E-state index contributed by atoms with van der Waals surface area (Å²) in [4.78, 5) is 0. The molecule has 1 aromatic carbocycles. The van der Waals surface area contributed by atoms with E-state index >= 15 is 0 Å². The van der Waals surface area contributed by atoms with Crippen LogP contribution in [-0.4, -0.2) is 12.2 Å². The number of ether oxygens (including phenoxy) is 2. The summed E-state index contributed by atoms with van der Waals surface area (Å²) in [5.74, 6) is 1.25. The molecule has 0 spiro atoms. The topological polar surface area (TPSA) is 18.5 Å². The first-order valence-corrected chi connectivity index (χ1v) is 4.36. The first kappa shape index (κ1) is 7.90. The number of fused-ring (bicyclic) bond motifs is 1. The van der Waals surface area contributed by atoms with Crippen molar-refractivity contribution in [2.75, 3.05) is 5.88 Å². The molecule has 1 unspecified atom stereocenters. The molecule has 3 heteroatoms. The molecular weight excluding hydrogens is 176 g/mol. The lowest BCUT2D eigenvalue weighted by Crippen LogP contribution is -2.26. The Bertz CT molecular complexity index is 275. The van der Waals surface area contributed by atoms with Crippen molar-refractivity contribution in [1.29, 1.82) is 0 Å². The Morgan fingerprint density at radius 1 is 1.42 bits per heavy atom. The third-order valence-electron chi connectivity index (χ3n) is 1.78. The minimum absolute atomic E-state index is 0.290. The summed E-state index contributed by atoms with van der Waals surface area (Å²) in [5, 5.41) is 0. The third kappa shape index (κ3) is 1.40. The fourth-order valence-electron chi connectivity index (χ4n) is 1.17. The van der Waals surface area contributed by atoms with Crippen LogP contribution in [0.25, 0.3) is 0 Å². The molecule has 1 heterocycles. The third-order valence-corrected chi connectivity index (χ3v) is 2.03. The largest absolute Gasteiger partial charge is 0.463 e. The van der Waals surface area contributed by atoms with E-state index in [2.05, 4.69) is 0 Å². The molecule has 1 atom stereocenters. The Labute approximate surface area is 76.1 Å². The second-order valence-electron chi connectivity index (χ2n) is 2.62. The van der Waals surface area contributed by atoms with E-state index in [1.165, 1.54) is 0 Å². The molecule has 0 fully saturated rings. The second-order valence-corrected chi connectivity index (χ2v) is 2.93. The summed E-state index contributed by atoms with van der Waals surface area (Å²) in [6, 6.07) is 7.82. The van der Waals surface area contributed by atoms with Crippen LogP contribution >= 0.6 is 11.6 Å². The van der Waals surface area contributed by atoms with Gasteiger partial charge >= 0.3 is 0 Å². The molecule has 0 aromatic heterocycles. The van der Waals surface area contributed by atoms with E-state index in [1.807, 2.05) is 24.3 Å². The van der Waals surface area contributed by atoms with Gasteiger partial charge in [-0.3, -0.25) is 0 Å². The minimum Gasteiger partial charge on any atom is -0.463 e. The van der Waals surface area contributed by atoms with Crippen molar-refractivity contribution in [3.8, 4) is 5.75 Å². The molecule has 0 N–H and O–H groups in total. The van der Waals surface area contributed by atoms with Crippen LogP contribution in [-0.2, 0) is 11.3 Å². The van der Waals surface area contributed by atoms with Gasteiger partial charge in [0.05, 0.1) is 12.5 Å². The van der Waals surface area contributed by atoms with E-state index in [4.69, 9.17) is 21.1 Å². The van der Waals surface area contributed by atoms with Crippen molar-refractivity contribution >= 4 is 11.6 Å². The zero-order valence-electron chi connectivity index (χ0n) is 6.50. The average Bonchev–Trinajstić information content (AvgIpc) is 2.17. The molecule has 1 aliphatic heterocycles.